The molecule has 1 aromatic carbocycles. The number of fused-ring (bicyclic) bond motifs is 3. The highest BCUT2D eigenvalue weighted by molar-refractivity contribution is 5.95. The normalized spacial score (nSPS) is 16.1. The van der Waals surface area contributed by atoms with Gasteiger partial charge in [0.25, 0.3) is 5.56 Å². The number of nitrogens with zero attached hydrogens (tertiary/aromatic N) is 4. The van der Waals surface area contributed by atoms with Crippen LogP contribution in [0.1, 0.15) is 30.7 Å². The van der Waals surface area contributed by atoms with Gasteiger partial charge in [-0.2, -0.15) is 0 Å². The Bertz CT molecular complexity index is 1320. The fourth-order valence-electron chi connectivity index (χ4n) is 5.11. The number of imidazole rings is 1. The standard InChI is InChI=1S/C26H31N5O5/c1-35-26(34)30-13-4-5-19-20(30)7-8-21-25(19)28-22(9-14-29-12-3-2-6-24(29)33)31(21)17-23(32)27-18-10-15-36-16-11-18/h2-3,6-8,12,18H,4-5,9-11,13-17H2,1H3,(H,27,32). The molecule has 10 nitrogen and oxygen atoms in total. The molecule has 2 aliphatic rings. The summed E-state index contributed by atoms with van der Waals surface area (Å²) in [7, 11) is 1.38. The van der Waals surface area contributed by atoms with Crippen LogP contribution in [0, 0.1) is 0 Å². The number of pyridine rings is 1. The Hall–Kier alpha value is -3.66. The molecule has 2 aliphatic heterocycles. The average molecular weight is 494 g/mol. The van der Waals surface area contributed by atoms with Gasteiger partial charge in [0.2, 0.25) is 5.91 Å². The molecule has 0 atom stereocenters. The molecule has 0 unspecified atom stereocenters. The molecule has 1 fully saturated rings. The summed E-state index contributed by atoms with van der Waals surface area (Å²) in [6, 6.07) is 9.00. The highest BCUT2D eigenvalue weighted by Crippen LogP contribution is 2.34. The highest BCUT2D eigenvalue weighted by atomic mass is 16.5. The zero-order valence-corrected chi connectivity index (χ0v) is 20.4. The van der Waals surface area contributed by atoms with Crippen LogP contribution in [0.5, 0.6) is 0 Å². The third-order valence-electron chi connectivity index (χ3n) is 6.94. The molecule has 0 aliphatic carbocycles. The van der Waals surface area contributed by atoms with E-state index in [0.29, 0.717) is 32.7 Å². The van der Waals surface area contributed by atoms with Gasteiger partial charge >= 0.3 is 6.09 Å². The Balaban J connectivity index is 1.49. The second-order valence-corrected chi connectivity index (χ2v) is 9.21. The molecule has 4 heterocycles. The van der Waals surface area contributed by atoms with Gasteiger partial charge < -0.3 is 23.9 Å². The third-order valence-corrected chi connectivity index (χ3v) is 6.94. The van der Waals surface area contributed by atoms with Crippen LogP contribution < -0.4 is 15.8 Å². The summed E-state index contributed by atoms with van der Waals surface area (Å²) in [5, 5.41) is 3.13. The molecule has 1 saturated heterocycles. The minimum absolute atomic E-state index is 0.0757. The van der Waals surface area contributed by atoms with Crippen molar-refractivity contribution in [1.82, 2.24) is 19.4 Å². The van der Waals surface area contributed by atoms with Crippen LogP contribution in [-0.4, -0.2) is 59.0 Å². The van der Waals surface area contributed by atoms with E-state index in [9.17, 15) is 14.4 Å². The maximum absolute atomic E-state index is 13.0. The summed E-state index contributed by atoms with van der Waals surface area (Å²) in [5.74, 6) is 0.653. The monoisotopic (exact) mass is 493 g/mol. The molecule has 190 valence electrons. The molecule has 0 saturated carbocycles. The van der Waals surface area contributed by atoms with Gasteiger partial charge in [0.15, 0.2) is 0 Å². The van der Waals surface area contributed by atoms with Gasteiger partial charge in [-0.25, -0.2) is 9.78 Å². The van der Waals surface area contributed by atoms with Crippen molar-refractivity contribution in [1.29, 1.82) is 0 Å². The number of methoxy groups -OCH3 is 1. The molecule has 36 heavy (non-hydrogen) atoms. The van der Waals surface area contributed by atoms with Crippen molar-refractivity contribution >= 4 is 28.7 Å². The quantitative estimate of drug-likeness (QED) is 0.565. The number of benzene rings is 1. The van der Waals surface area contributed by atoms with Crippen molar-refractivity contribution in [3.05, 3.63) is 58.3 Å². The maximum atomic E-state index is 13.0. The predicted octanol–water partition coefficient (Wildman–Crippen LogP) is 2.25. The molecule has 3 aromatic rings. The average Bonchev–Trinajstić information content (AvgIpc) is 3.25. The number of nitrogens with one attached hydrogen (secondary N) is 1. The smallest absolute Gasteiger partial charge is 0.414 e. The van der Waals surface area contributed by atoms with Crippen LogP contribution in [-0.2, 0) is 40.2 Å². The van der Waals surface area contributed by atoms with Crippen molar-refractivity contribution in [2.24, 2.45) is 0 Å². The summed E-state index contributed by atoms with van der Waals surface area (Å²) >= 11 is 0. The Morgan fingerprint density at radius 1 is 1.19 bits per heavy atom. The topological polar surface area (TPSA) is 108 Å². The lowest BCUT2D eigenvalue weighted by Crippen LogP contribution is -2.40. The molecular weight excluding hydrogens is 462 g/mol. The van der Waals surface area contributed by atoms with Crippen molar-refractivity contribution in [3.8, 4) is 0 Å². The van der Waals surface area contributed by atoms with Crippen molar-refractivity contribution in [2.45, 2.75) is 51.2 Å². The molecular formula is C26H31N5O5. The van der Waals surface area contributed by atoms with E-state index in [1.807, 2.05) is 22.8 Å². The first-order valence-corrected chi connectivity index (χ1v) is 12.4. The predicted molar refractivity (Wildman–Crippen MR) is 134 cm³/mol. The van der Waals surface area contributed by atoms with Gasteiger partial charge in [-0.3, -0.25) is 14.5 Å². The van der Waals surface area contributed by atoms with Crippen LogP contribution in [0.15, 0.2) is 41.3 Å². The fourth-order valence-corrected chi connectivity index (χ4v) is 5.11. The van der Waals surface area contributed by atoms with Gasteiger partial charge in [-0.05, 0) is 43.9 Å². The van der Waals surface area contributed by atoms with E-state index in [-0.39, 0.29) is 24.1 Å². The van der Waals surface area contributed by atoms with E-state index < -0.39 is 6.09 Å². The molecule has 10 heteroatoms. The number of hydrogen-bond donors (Lipinski definition) is 1. The van der Waals surface area contributed by atoms with Crippen molar-refractivity contribution in [2.75, 3.05) is 31.8 Å². The van der Waals surface area contributed by atoms with E-state index in [4.69, 9.17) is 14.5 Å². The summed E-state index contributed by atoms with van der Waals surface area (Å²) in [5.41, 5.74) is 3.32. The molecule has 0 radical (unpaired) electrons. The third kappa shape index (κ3) is 4.86. The first-order chi connectivity index (χ1) is 17.5. The summed E-state index contributed by atoms with van der Waals surface area (Å²) in [6.45, 7) is 2.47. The number of amides is 2. The first kappa shape index (κ1) is 24.1. The van der Waals surface area contributed by atoms with Crippen molar-refractivity contribution in [3.63, 3.8) is 0 Å². The van der Waals surface area contributed by atoms with Gasteiger partial charge in [-0.1, -0.05) is 6.07 Å². The van der Waals surface area contributed by atoms with Crippen LogP contribution >= 0.6 is 0 Å². The van der Waals surface area contributed by atoms with E-state index in [1.165, 1.54) is 13.2 Å². The molecule has 5 rings (SSSR count). The van der Waals surface area contributed by atoms with Gasteiger partial charge in [0.05, 0.1) is 23.8 Å². The minimum atomic E-state index is -0.394. The Labute approximate surface area is 208 Å². The molecule has 0 bridgehead atoms. The number of anilines is 1. The van der Waals surface area contributed by atoms with Crippen molar-refractivity contribution < 1.29 is 19.1 Å². The van der Waals surface area contributed by atoms with Crippen LogP contribution in [0.2, 0.25) is 0 Å². The summed E-state index contributed by atoms with van der Waals surface area (Å²) in [6.07, 6.45) is 5.03. The van der Waals surface area contributed by atoms with E-state index in [0.717, 1.165) is 53.8 Å². The van der Waals surface area contributed by atoms with Crippen LogP contribution in [0.3, 0.4) is 0 Å². The summed E-state index contributed by atoms with van der Waals surface area (Å²) in [4.78, 5) is 44.2. The van der Waals surface area contributed by atoms with Gasteiger partial charge in [0.1, 0.15) is 12.4 Å². The van der Waals surface area contributed by atoms with Crippen LogP contribution in [0.25, 0.3) is 11.0 Å². The first-order valence-electron chi connectivity index (χ1n) is 12.4. The van der Waals surface area contributed by atoms with Gasteiger partial charge in [0, 0.05) is 56.6 Å². The highest BCUT2D eigenvalue weighted by Gasteiger charge is 2.27. The lowest BCUT2D eigenvalue weighted by atomic mass is 10.0. The zero-order valence-electron chi connectivity index (χ0n) is 20.4. The SMILES string of the molecule is COC(=O)N1CCCc2c1ccc1c2nc(CCn2ccccc2=O)n1CC(=O)NC1CCOCC1. The number of carbonyl (C=O) groups excluding carboxylic acids is 2. The van der Waals surface area contributed by atoms with E-state index >= 15 is 0 Å². The number of aromatic nitrogens is 3. The molecule has 2 amide bonds. The fraction of sp³-hybridized carbons (Fsp3) is 0.462. The molecule has 2 aromatic heterocycles. The second kappa shape index (κ2) is 10.5. The molecule has 1 N–H and O–H groups in total. The van der Waals surface area contributed by atoms with E-state index in [1.54, 1.807) is 21.7 Å². The summed E-state index contributed by atoms with van der Waals surface area (Å²) < 4.78 is 14.0. The number of hydrogen-bond acceptors (Lipinski definition) is 6. The number of ether oxygens (including phenoxy) is 2. The zero-order chi connectivity index (χ0) is 25.1. The Kier molecular flexibility index (Phi) is 7.04. The minimum Gasteiger partial charge on any atom is -0.452 e. The lowest BCUT2D eigenvalue weighted by Gasteiger charge is -2.28. The lowest BCUT2D eigenvalue weighted by molar-refractivity contribution is -0.122. The molecule has 0 spiro atoms. The van der Waals surface area contributed by atoms with Crippen LogP contribution in [0.4, 0.5) is 10.5 Å². The Morgan fingerprint density at radius 3 is 2.81 bits per heavy atom. The number of aryl methyl sites for hydroxylation is 3. The van der Waals surface area contributed by atoms with E-state index in [2.05, 4.69) is 5.32 Å². The van der Waals surface area contributed by atoms with Gasteiger partial charge in [-0.15, -0.1) is 0 Å². The second-order valence-electron chi connectivity index (χ2n) is 9.21. The Morgan fingerprint density at radius 2 is 2.03 bits per heavy atom. The number of rotatable bonds is 6. The maximum Gasteiger partial charge on any atom is 0.414 e. The number of carbonyl (C=O) groups is 2. The largest absolute Gasteiger partial charge is 0.452 e.